The van der Waals surface area contributed by atoms with Crippen LogP contribution < -0.4 is 10.6 Å². The summed E-state index contributed by atoms with van der Waals surface area (Å²) in [4.78, 5) is 37.0. The van der Waals surface area contributed by atoms with Crippen molar-refractivity contribution in [3.63, 3.8) is 0 Å². The minimum absolute atomic E-state index is 0.0154. The molecule has 19 heavy (non-hydrogen) atoms. The van der Waals surface area contributed by atoms with Gasteiger partial charge in [0.05, 0.1) is 13.0 Å². The third kappa shape index (κ3) is 3.11. The summed E-state index contributed by atoms with van der Waals surface area (Å²) in [6.45, 7) is 2.51. The lowest BCUT2D eigenvalue weighted by atomic mass is 10.2. The van der Waals surface area contributed by atoms with Gasteiger partial charge in [-0.3, -0.25) is 14.9 Å². The molecule has 0 aromatic carbocycles. The van der Waals surface area contributed by atoms with Crippen LogP contribution in [0.1, 0.15) is 16.9 Å². The Balaban J connectivity index is 1.91. The number of nitrogens with one attached hydrogen (secondary N) is 2. The number of hydrogen-bond acceptors (Lipinski definition) is 4. The molecule has 102 valence electrons. The van der Waals surface area contributed by atoms with Crippen LogP contribution in [0.2, 0.25) is 0 Å². The van der Waals surface area contributed by atoms with Gasteiger partial charge in [-0.05, 0) is 23.9 Å². The first kappa shape index (κ1) is 13.5. The zero-order valence-electron chi connectivity index (χ0n) is 10.7. The van der Waals surface area contributed by atoms with Crippen LogP contribution in [-0.4, -0.2) is 35.8 Å². The molecule has 0 unspecified atom stereocenters. The second-order valence-electron chi connectivity index (χ2n) is 4.50. The first-order chi connectivity index (χ1) is 8.97. The number of thiophene rings is 1. The van der Waals surface area contributed by atoms with E-state index in [0.717, 1.165) is 10.4 Å². The predicted octanol–water partition coefficient (Wildman–Crippen LogP) is 0.613. The smallest absolute Gasteiger partial charge is 0.322 e. The maximum Gasteiger partial charge on any atom is 0.322 e. The number of aryl methyl sites for hydroxylation is 1. The van der Waals surface area contributed by atoms with Gasteiger partial charge in [0.1, 0.15) is 6.04 Å². The zero-order valence-corrected chi connectivity index (χ0v) is 11.5. The average molecular weight is 281 g/mol. The van der Waals surface area contributed by atoms with Crippen molar-refractivity contribution in [2.45, 2.75) is 25.9 Å². The standard InChI is InChI=1S/C12H15N3O3S/c1-7-3-4-19-9(7)6-15(2)10(16)5-8-11(17)14-12(18)13-8/h3-4,8H,5-6H2,1-2H3,(H2,13,14,17,18)/t8-/m0/s1. The van der Waals surface area contributed by atoms with Gasteiger partial charge in [-0.15, -0.1) is 11.3 Å². The molecule has 4 amide bonds. The van der Waals surface area contributed by atoms with Crippen molar-refractivity contribution in [2.24, 2.45) is 0 Å². The highest BCUT2D eigenvalue weighted by Gasteiger charge is 2.32. The fourth-order valence-corrected chi connectivity index (χ4v) is 2.76. The summed E-state index contributed by atoms with van der Waals surface area (Å²) in [5.74, 6) is -0.616. The van der Waals surface area contributed by atoms with Gasteiger partial charge in [0, 0.05) is 11.9 Å². The van der Waals surface area contributed by atoms with E-state index >= 15 is 0 Å². The second-order valence-corrected chi connectivity index (χ2v) is 5.50. The number of hydrogen-bond donors (Lipinski definition) is 2. The van der Waals surface area contributed by atoms with E-state index in [1.807, 2.05) is 18.4 Å². The van der Waals surface area contributed by atoms with Gasteiger partial charge in [0.15, 0.2) is 0 Å². The highest BCUT2D eigenvalue weighted by molar-refractivity contribution is 7.10. The summed E-state index contributed by atoms with van der Waals surface area (Å²) in [6, 6.07) is 0.703. The lowest BCUT2D eigenvalue weighted by Crippen LogP contribution is -2.36. The Bertz CT molecular complexity index is 526. The molecular formula is C12H15N3O3S. The number of amides is 4. The summed E-state index contributed by atoms with van der Waals surface area (Å²) >= 11 is 1.60. The Morgan fingerprint density at radius 3 is 2.74 bits per heavy atom. The van der Waals surface area contributed by atoms with Gasteiger partial charge in [-0.25, -0.2) is 4.79 Å². The molecule has 1 aliphatic heterocycles. The molecule has 1 aromatic rings. The summed E-state index contributed by atoms with van der Waals surface area (Å²) < 4.78 is 0. The molecular weight excluding hydrogens is 266 g/mol. The fourth-order valence-electron chi connectivity index (χ4n) is 1.80. The van der Waals surface area contributed by atoms with Crippen molar-refractivity contribution in [1.29, 1.82) is 0 Å². The van der Waals surface area contributed by atoms with E-state index in [0.29, 0.717) is 6.54 Å². The van der Waals surface area contributed by atoms with Gasteiger partial charge < -0.3 is 10.2 Å². The van der Waals surface area contributed by atoms with Gasteiger partial charge in [-0.1, -0.05) is 0 Å². The Hall–Kier alpha value is -1.89. The average Bonchev–Trinajstić information content (AvgIpc) is 2.86. The number of carbonyl (C=O) groups excluding carboxylic acids is 3. The molecule has 1 atom stereocenters. The molecule has 2 heterocycles. The van der Waals surface area contributed by atoms with Gasteiger partial charge in [0.2, 0.25) is 5.91 Å². The van der Waals surface area contributed by atoms with E-state index in [9.17, 15) is 14.4 Å². The fraction of sp³-hybridized carbons (Fsp3) is 0.417. The number of carbonyl (C=O) groups is 3. The number of urea groups is 1. The van der Waals surface area contributed by atoms with E-state index in [1.165, 1.54) is 0 Å². The largest absolute Gasteiger partial charge is 0.341 e. The third-order valence-corrected chi connectivity index (χ3v) is 4.02. The molecule has 2 N–H and O–H groups in total. The molecule has 7 heteroatoms. The van der Waals surface area contributed by atoms with Crippen LogP contribution in [0.4, 0.5) is 4.79 Å². The van der Waals surface area contributed by atoms with E-state index in [4.69, 9.17) is 0 Å². The van der Waals surface area contributed by atoms with Crippen molar-refractivity contribution in [3.8, 4) is 0 Å². The second kappa shape index (κ2) is 5.40. The monoisotopic (exact) mass is 281 g/mol. The molecule has 6 nitrogen and oxygen atoms in total. The third-order valence-electron chi connectivity index (χ3n) is 3.01. The highest BCUT2D eigenvalue weighted by atomic mass is 32.1. The normalized spacial score (nSPS) is 18.1. The van der Waals surface area contributed by atoms with Crippen molar-refractivity contribution in [1.82, 2.24) is 15.5 Å². The summed E-state index contributed by atoms with van der Waals surface area (Å²) in [7, 11) is 1.69. The Kier molecular flexibility index (Phi) is 3.84. The predicted molar refractivity (Wildman–Crippen MR) is 70.6 cm³/mol. The number of imide groups is 1. The topological polar surface area (TPSA) is 78.5 Å². The molecule has 0 bridgehead atoms. The molecule has 0 saturated carbocycles. The minimum Gasteiger partial charge on any atom is -0.341 e. The van der Waals surface area contributed by atoms with E-state index in [2.05, 4.69) is 10.6 Å². The van der Waals surface area contributed by atoms with Gasteiger partial charge in [-0.2, -0.15) is 0 Å². The summed E-state index contributed by atoms with van der Waals surface area (Å²) in [5, 5.41) is 6.50. The van der Waals surface area contributed by atoms with Crippen LogP contribution >= 0.6 is 11.3 Å². The lowest BCUT2D eigenvalue weighted by molar-refractivity contribution is -0.133. The number of nitrogens with zero attached hydrogens (tertiary/aromatic N) is 1. The first-order valence-corrected chi connectivity index (χ1v) is 6.73. The van der Waals surface area contributed by atoms with Crippen LogP contribution in [-0.2, 0) is 16.1 Å². The van der Waals surface area contributed by atoms with Crippen molar-refractivity contribution >= 4 is 29.2 Å². The maximum atomic E-state index is 12.0. The van der Waals surface area contributed by atoms with E-state index in [1.54, 1.807) is 23.3 Å². The van der Waals surface area contributed by atoms with Crippen LogP contribution in [0.3, 0.4) is 0 Å². The molecule has 1 aliphatic rings. The maximum absolute atomic E-state index is 12.0. The molecule has 1 aromatic heterocycles. The van der Waals surface area contributed by atoms with E-state index in [-0.39, 0.29) is 12.3 Å². The molecule has 0 spiro atoms. The van der Waals surface area contributed by atoms with Crippen molar-refractivity contribution in [3.05, 3.63) is 21.9 Å². The molecule has 0 radical (unpaired) electrons. The Morgan fingerprint density at radius 1 is 1.47 bits per heavy atom. The first-order valence-electron chi connectivity index (χ1n) is 5.85. The lowest BCUT2D eigenvalue weighted by Gasteiger charge is -2.18. The Labute approximate surface area is 114 Å². The van der Waals surface area contributed by atoms with E-state index < -0.39 is 18.0 Å². The van der Waals surface area contributed by atoms with Crippen LogP contribution in [0.5, 0.6) is 0 Å². The van der Waals surface area contributed by atoms with Crippen molar-refractivity contribution < 1.29 is 14.4 Å². The molecule has 0 aliphatic carbocycles. The SMILES string of the molecule is Cc1ccsc1CN(C)C(=O)C[C@@H]1NC(=O)NC1=O. The van der Waals surface area contributed by atoms with Gasteiger partial charge in [0.25, 0.3) is 5.91 Å². The Morgan fingerprint density at radius 2 is 2.21 bits per heavy atom. The zero-order chi connectivity index (χ0) is 14.0. The minimum atomic E-state index is -0.758. The van der Waals surface area contributed by atoms with Crippen molar-refractivity contribution in [2.75, 3.05) is 7.05 Å². The summed E-state index contributed by atoms with van der Waals surface area (Å²) in [6.07, 6.45) is -0.0154. The molecule has 1 fully saturated rings. The molecule has 1 saturated heterocycles. The van der Waals surface area contributed by atoms with Crippen LogP contribution in [0.25, 0.3) is 0 Å². The quantitative estimate of drug-likeness (QED) is 0.794. The number of rotatable bonds is 4. The summed E-state index contributed by atoms with van der Waals surface area (Å²) in [5.41, 5.74) is 1.15. The molecule has 2 rings (SSSR count). The highest BCUT2D eigenvalue weighted by Crippen LogP contribution is 2.17. The van der Waals surface area contributed by atoms with Crippen LogP contribution in [0, 0.1) is 6.92 Å². The van der Waals surface area contributed by atoms with Gasteiger partial charge >= 0.3 is 6.03 Å². The van der Waals surface area contributed by atoms with Crippen LogP contribution in [0.15, 0.2) is 11.4 Å².